The molecule has 3 N–H and O–H groups in total. The van der Waals surface area contributed by atoms with Gasteiger partial charge < -0.3 is 15.2 Å². The molecule has 0 atom stereocenters. The van der Waals surface area contributed by atoms with Crippen LogP contribution in [0.1, 0.15) is 10.7 Å². The fourth-order valence-corrected chi connectivity index (χ4v) is 2.95. The summed E-state index contributed by atoms with van der Waals surface area (Å²) >= 11 is 1.16. The number of aliphatic hydroxyl groups excluding tert-OH is 1. The van der Waals surface area contributed by atoms with Gasteiger partial charge in [-0.25, -0.2) is 18.6 Å². The summed E-state index contributed by atoms with van der Waals surface area (Å²) in [6, 6.07) is 5.98. The molecule has 0 radical (unpaired) electrons. The Labute approximate surface area is 156 Å². The maximum absolute atomic E-state index is 13.3. The molecule has 140 valence electrons. The lowest BCUT2D eigenvalue weighted by Crippen LogP contribution is -2.17. The molecule has 2 aromatic heterocycles. The van der Waals surface area contributed by atoms with Gasteiger partial charge in [0.15, 0.2) is 5.00 Å². The molecule has 3 rings (SSSR count). The Balaban J connectivity index is 1.74. The van der Waals surface area contributed by atoms with Crippen LogP contribution in [0.15, 0.2) is 36.5 Å². The number of pyridine rings is 1. The molecule has 2 heterocycles. The minimum Gasteiger partial charge on any atom is -0.390 e. The standard InChI is InChI=1S/C17H14F2N4O3S/c1-9-21-15(16(27-9)22-13-5-10(18)4-11(19)6-13)26-17(25)23-12-2-3-20-14(7-12)8-24/h2-7,22,24H,8H2,1H3,(H,20,23,25). The third-order valence-corrected chi connectivity index (χ3v) is 4.11. The van der Waals surface area contributed by atoms with Crippen LogP contribution in [-0.2, 0) is 6.61 Å². The van der Waals surface area contributed by atoms with Crippen LogP contribution in [0.3, 0.4) is 0 Å². The van der Waals surface area contributed by atoms with Crippen LogP contribution in [0.25, 0.3) is 0 Å². The number of nitrogens with one attached hydrogen (secondary N) is 2. The number of hydrogen-bond donors (Lipinski definition) is 3. The molecule has 1 amide bonds. The van der Waals surface area contributed by atoms with Crippen molar-refractivity contribution in [3.8, 4) is 5.88 Å². The van der Waals surface area contributed by atoms with Gasteiger partial charge in [-0.3, -0.25) is 10.3 Å². The molecule has 0 spiro atoms. The largest absolute Gasteiger partial charge is 0.418 e. The Morgan fingerprint density at radius 1 is 1.22 bits per heavy atom. The molecule has 1 aromatic carbocycles. The van der Waals surface area contributed by atoms with Crippen LogP contribution in [0.2, 0.25) is 0 Å². The zero-order valence-electron chi connectivity index (χ0n) is 14.0. The average Bonchev–Trinajstić information content (AvgIpc) is 2.92. The van der Waals surface area contributed by atoms with E-state index < -0.39 is 17.7 Å². The molecule has 0 fully saturated rings. The van der Waals surface area contributed by atoms with Gasteiger partial charge >= 0.3 is 6.09 Å². The number of benzene rings is 1. The van der Waals surface area contributed by atoms with Crippen LogP contribution < -0.4 is 15.4 Å². The van der Waals surface area contributed by atoms with Crippen molar-refractivity contribution in [2.24, 2.45) is 0 Å². The van der Waals surface area contributed by atoms with E-state index in [1.807, 2.05) is 0 Å². The van der Waals surface area contributed by atoms with Crippen molar-refractivity contribution in [1.29, 1.82) is 0 Å². The maximum Gasteiger partial charge on any atom is 0.418 e. The Bertz CT molecular complexity index is 960. The van der Waals surface area contributed by atoms with E-state index in [1.165, 1.54) is 18.3 Å². The molecule has 0 aliphatic rings. The highest BCUT2D eigenvalue weighted by molar-refractivity contribution is 7.16. The molecular weight excluding hydrogens is 378 g/mol. The van der Waals surface area contributed by atoms with E-state index in [1.54, 1.807) is 6.92 Å². The molecule has 0 saturated heterocycles. The highest BCUT2D eigenvalue weighted by Crippen LogP contribution is 2.34. The fourth-order valence-electron chi connectivity index (χ4n) is 2.19. The summed E-state index contributed by atoms with van der Waals surface area (Å²) < 4.78 is 31.9. The number of nitrogens with zero attached hydrogens (tertiary/aromatic N) is 2. The minimum atomic E-state index is -0.816. The van der Waals surface area contributed by atoms with Crippen molar-refractivity contribution >= 4 is 33.8 Å². The third kappa shape index (κ3) is 4.96. The monoisotopic (exact) mass is 392 g/mol. The summed E-state index contributed by atoms with van der Waals surface area (Å²) in [5.41, 5.74) is 0.920. The Morgan fingerprint density at radius 3 is 2.67 bits per heavy atom. The number of carbonyl (C=O) groups is 1. The second-order valence-electron chi connectivity index (χ2n) is 5.36. The Hall–Kier alpha value is -3.11. The molecule has 0 aliphatic carbocycles. The zero-order chi connectivity index (χ0) is 19.4. The van der Waals surface area contributed by atoms with E-state index in [2.05, 4.69) is 20.6 Å². The van der Waals surface area contributed by atoms with E-state index in [0.29, 0.717) is 21.4 Å². The summed E-state index contributed by atoms with van der Waals surface area (Å²) in [4.78, 5) is 20.1. The predicted octanol–water partition coefficient (Wildman–Crippen LogP) is 3.97. The average molecular weight is 392 g/mol. The van der Waals surface area contributed by atoms with Crippen molar-refractivity contribution in [3.63, 3.8) is 0 Å². The highest BCUT2D eigenvalue weighted by atomic mass is 32.1. The van der Waals surface area contributed by atoms with Gasteiger partial charge in [-0.1, -0.05) is 11.3 Å². The number of ether oxygens (including phenoxy) is 1. The Morgan fingerprint density at radius 2 is 1.96 bits per heavy atom. The third-order valence-electron chi connectivity index (χ3n) is 3.24. The Kier molecular flexibility index (Phi) is 5.57. The first-order chi connectivity index (χ1) is 12.9. The number of carbonyl (C=O) groups excluding carboxylic acids is 1. The number of aromatic nitrogens is 2. The molecule has 3 aromatic rings. The number of halogens is 2. The molecule has 27 heavy (non-hydrogen) atoms. The maximum atomic E-state index is 13.3. The topological polar surface area (TPSA) is 96.4 Å². The second-order valence-corrected chi connectivity index (χ2v) is 6.56. The molecule has 0 aliphatic heterocycles. The van der Waals surface area contributed by atoms with Crippen molar-refractivity contribution in [1.82, 2.24) is 9.97 Å². The van der Waals surface area contributed by atoms with Gasteiger partial charge in [-0.2, -0.15) is 0 Å². The van der Waals surface area contributed by atoms with Crippen LogP contribution in [0, 0.1) is 18.6 Å². The predicted molar refractivity (Wildman–Crippen MR) is 96.3 cm³/mol. The number of amides is 1. The first kappa shape index (κ1) is 18.7. The van der Waals surface area contributed by atoms with Crippen molar-refractivity contribution in [3.05, 3.63) is 58.9 Å². The van der Waals surface area contributed by atoms with Gasteiger partial charge in [-0.05, 0) is 31.2 Å². The van der Waals surface area contributed by atoms with E-state index in [0.717, 1.165) is 29.5 Å². The van der Waals surface area contributed by atoms with Gasteiger partial charge in [-0.15, -0.1) is 0 Å². The first-order valence-corrected chi connectivity index (χ1v) is 8.50. The number of thiazole rings is 1. The summed E-state index contributed by atoms with van der Waals surface area (Å²) in [7, 11) is 0. The zero-order valence-corrected chi connectivity index (χ0v) is 14.8. The van der Waals surface area contributed by atoms with Gasteiger partial charge in [0, 0.05) is 23.6 Å². The summed E-state index contributed by atoms with van der Waals surface area (Å²) in [5, 5.41) is 15.3. The molecule has 10 heteroatoms. The SMILES string of the molecule is Cc1nc(OC(=O)Nc2ccnc(CO)c2)c(Nc2cc(F)cc(F)c2)s1. The van der Waals surface area contributed by atoms with E-state index >= 15 is 0 Å². The lowest BCUT2D eigenvalue weighted by Gasteiger charge is -2.08. The lowest BCUT2D eigenvalue weighted by atomic mass is 10.3. The summed E-state index contributed by atoms with van der Waals surface area (Å²) in [6.45, 7) is 1.43. The van der Waals surface area contributed by atoms with Crippen molar-refractivity contribution in [2.75, 3.05) is 10.6 Å². The molecule has 0 bridgehead atoms. The quantitative estimate of drug-likeness (QED) is 0.608. The highest BCUT2D eigenvalue weighted by Gasteiger charge is 2.16. The normalized spacial score (nSPS) is 10.5. The van der Waals surface area contributed by atoms with Crippen LogP contribution >= 0.6 is 11.3 Å². The van der Waals surface area contributed by atoms with Crippen LogP contribution in [0.4, 0.5) is 30.0 Å². The first-order valence-electron chi connectivity index (χ1n) is 7.68. The second kappa shape index (κ2) is 8.06. The van der Waals surface area contributed by atoms with E-state index in [9.17, 15) is 13.6 Å². The molecular formula is C17H14F2N4O3S. The number of aliphatic hydroxyl groups is 1. The van der Waals surface area contributed by atoms with Gasteiger partial charge in [0.05, 0.1) is 17.3 Å². The number of rotatable bonds is 5. The van der Waals surface area contributed by atoms with E-state index in [-0.39, 0.29) is 18.2 Å². The molecule has 0 unspecified atom stereocenters. The van der Waals surface area contributed by atoms with Crippen LogP contribution in [-0.4, -0.2) is 21.2 Å². The molecule has 0 saturated carbocycles. The van der Waals surface area contributed by atoms with Crippen molar-refractivity contribution in [2.45, 2.75) is 13.5 Å². The summed E-state index contributed by atoms with van der Waals surface area (Å²) in [5.74, 6) is -1.51. The van der Waals surface area contributed by atoms with E-state index in [4.69, 9.17) is 9.84 Å². The smallest absolute Gasteiger partial charge is 0.390 e. The number of hydrogen-bond acceptors (Lipinski definition) is 7. The number of anilines is 3. The van der Waals surface area contributed by atoms with Crippen LogP contribution in [0.5, 0.6) is 5.88 Å². The molecule has 7 nitrogen and oxygen atoms in total. The lowest BCUT2D eigenvalue weighted by molar-refractivity contribution is 0.214. The van der Waals surface area contributed by atoms with Gasteiger partial charge in [0.2, 0.25) is 0 Å². The van der Waals surface area contributed by atoms with Gasteiger partial charge in [0.25, 0.3) is 5.88 Å². The minimum absolute atomic E-state index is 0.0314. The van der Waals surface area contributed by atoms with Gasteiger partial charge in [0.1, 0.15) is 11.6 Å². The summed E-state index contributed by atoms with van der Waals surface area (Å²) in [6.07, 6.45) is 0.614. The van der Waals surface area contributed by atoms with Crippen molar-refractivity contribution < 1.29 is 23.4 Å². The fraction of sp³-hybridized carbons (Fsp3) is 0.118. The number of aryl methyl sites for hydroxylation is 1.